The lowest BCUT2D eigenvalue weighted by atomic mass is 10.5. The summed E-state index contributed by atoms with van der Waals surface area (Å²) < 4.78 is 4.98. The van der Waals surface area contributed by atoms with Gasteiger partial charge >= 0.3 is 0 Å². The standard InChI is InChI=1S/C7H6ClN3OS/c1-4-9-3-5(13-4)7-10-6(2-8)11-12-7/h3H,2H2,1H3. The van der Waals surface area contributed by atoms with Crippen LogP contribution in [0.2, 0.25) is 0 Å². The third-order valence-corrected chi connectivity index (χ3v) is 2.56. The minimum Gasteiger partial charge on any atom is -0.333 e. The van der Waals surface area contributed by atoms with Gasteiger partial charge in [-0.1, -0.05) is 5.16 Å². The smallest absolute Gasteiger partial charge is 0.269 e. The number of hydrogen-bond acceptors (Lipinski definition) is 5. The number of aryl methyl sites for hydroxylation is 1. The van der Waals surface area contributed by atoms with Gasteiger partial charge in [-0.05, 0) is 6.92 Å². The van der Waals surface area contributed by atoms with Gasteiger partial charge in [0.2, 0.25) is 0 Å². The largest absolute Gasteiger partial charge is 0.333 e. The van der Waals surface area contributed by atoms with E-state index >= 15 is 0 Å². The molecule has 0 spiro atoms. The molecule has 2 rings (SSSR count). The Morgan fingerprint density at radius 2 is 2.46 bits per heavy atom. The Balaban J connectivity index is 2.35. The van der Waals surface area contributed by atoms with Gasteiger partial charge in [-0.2, -0.15) is 4.98 Å². The zero-order valence-corrected chi connectivity index (χ0v) is 8.39. The first kappa shape index (κ1) is 8.65. The average Bonchev–Trinajstić information content (AvgIpc) is 2.71. The molecule has 0 aromatic carbocycles. The van der Waals surface area contributed by atoms with Crippen molar-refractivity contribution in [2.75, 3.05) is 0 Å². The summed E-state index contributed by atoms with van der Waals surface area (Å²) in [5, 5.41) is 4.65. The summed E-state index contributed by atoms with van der Waals surface area (Å²) in [7, 11) is 0. The molecule has 0 bridgehead atoms. The van der Waals surface area contributed by atoms with E-state index < -0.39 is 0 Å². The quantitative estimate of drug-likeness (QED) is 0.721. The SMILES string of the molecule is Cc1ncc(-c2nc(CCl)no2)s1. The van der Waals surface area contributed by atoms with Gasteiger partial charge in [0.05, 0.1) is 17.1 Å². The highest BCUT2D eigenvalue weighted by Crippen LogP contribution is 2.23. The van der Waals surface area contributed by atoms with Crippen molar-refractivity contribution in [1.82, 2.24) is 15.1 Å². The van der Waals surface area contributed by atoms with Crippen molar-refractivity contribution in [3.8, 4) is 10.8 Å². The van der Waals surface area contributed by atoms with Crippen molar-refractivity contribution in [3.63, 3.8) is 0 Å². The molecular weight excluding hydrogens is 210 g/mol. The maximum atomic E-state index is 5.54. The molecule has 4 nitrogen and oxygen atoms in total. The Hall–Kier alpha value is -0.940. The number of alkyl halides is 1. The van der Waals surface area contributed by atoms with Crippen LogP contribution in [-0.4, -0.2) is 15.1 Å². The average molecular weight is 216 g/mol. The van der Waals surface area contributed by atoms with Gasteiger partial charge in [0.1, 0.15) is 4.88 Å². The highest BCUT2D eigenvalue weighted by Gasteiger charge is 2.10. The van der Waals surface area contributed by atoms with Gasteiger partial charge in [-0.25, -0.2) is 4.98 Å². The second kappa shape index (κ2) is 3.43. The van der Waals surface area contributed by atoms with Gasteiger partial charge < -0.3 is 4.52 Å². The van der Waals surface area contributed by atoms with E-state index in [-0.39, 0.29) is 5.88 Å². The third-order valence-electron chi connectivity index (χ3n) is 1.42. The zero-order valence-electron chi connectivity index (χ0n) is 6.82. The Morgan fingerprint density at radius 3 is 3.00 bits per heavy atom. The first-order valence-electron chi connectivity index (χ1n) is 3.61. The fourth-order valence-corrected chi connectivity index (χ4v) is 1.68. The van der Waals surface area contributed by atoms with E-state index in [2.05, 4.69) is 15.1 Å². The van der Waals surface area contributed by atoms with Crippen molar-refractivity contribution in [2.24, 2.45) is 0 Å². The van der Waals surface area contributed by atoms with E-state index in [9.17, 15) is 0 Å². The van der Waals surface area contributed by atoms with Crippen LogP contribution in [-0.2, 0) is 5.88 Å². The molecule has 6 heteroatoms. The lowest BCUT2D eigenvalue weighted by Crippen LogP contribution is -1.78. The van der Waals surface area contributed by atoms with Crippen LogP contribution >= 0.6 is 22.9 Å². The van der Waals surface area contributed by atoms with E-state index in [4.69, 9.17) is 16.1 Å². The Labute approximate surface area is 83.6 Å². The lowest BCUT2D eigenvalue weighted by Gasteiger charge is -1.81. The van der Waals surface area contributed by atoms with Crippen LogP contribution in [0.25, 0.3) is 10.8 Å². The van der Waals surface area contributed by atoms with Crippen molar-refractivity contribution in [3.05, 3.63) is 17.0 Å². The predicted octanol–water partition coefficient (Wildman–Crippen LogP) is 2.24. The predicted molar refractivity (Wildman–Crippen MR) is 49.7 cm³/mol. The molecule has 0 N–H and O–H groups in total. The molecule has 0 aliphatic carbocycles. The highest BCUT2D eigenvalue weighted by atomic mass is 35.5. The molecule has 0 unspecified atom stereocenters. The van der Waals surface area contributed by atoms with Crippen LogP contribution in [0.15, 0.2) is 10.7 Å². The Morgan fingerprint density at radius 1 is 1.62 bits per heavy atom. The lowest BCUT2D eigenvalue weighted by molar-refractivity contribution is 0.426. The summed E-state index contributed by atoms with van der Waals surface area (Å²) in [5.41, 5.74) is 0. The van der Waals surface area contributed by atoms with Crippen LogP contribution in [0.5, 0.6) is 0 Å². The van der Waals surface area contributed by atoms with Crippen LogP contribution < -0.4 is 0 Å². The number of rotatable bonds is 2. The Bertz CT molecular complexity index is 411. The van der Waals surface area contributed by atoms with Crippen molar-refractivity contribution < 1.29 is 4.52 Å². The Kier molecular flexibility index (Phi) is 2.28. The summed E-state index contributed by atoms with van der Waals surface area (Å²) in [6, 6.07) is 0. The fraction of sp³-hybridized carbons (Fsp3) is 0.286. The minimum absolute atomic E-state index is 0.265. The molecule has 0 radical (unpaired) electrons. The molecular formula is C7H6ClN3OS. The van der Waals surface area contributed by atoms with Gasteiger partial charge in [-0.3, -0.25) is 0 Å². The third kappa shape index (κ3) is 1.71. The van der Waals surface area contributed by atoms with Crippen molar-refractivity contribution in [1.29, 1.82) is 0 Å². The van der Waals surface area contributed by atoms with E-state index in [0.717, 1.165) is 9.88 Å². The summed E-state index contributed by atoms with van der Waals surface area (Å²) >= 11 is 7.05. The summed E-state index contributed by atoms with van der Waals surface area (Å²) in [5.74, 6) is 1.25. The van der Waals surface area contributed by atoms with Crippen LogP contribution in [0, 0.1) is 6.92 Å². The second-order valence-corrected chi connectivity index (χ2v) is 3.89. The summed E-state index contributed by atoms with van der Waals surface area (Å²) in [4.78, 5) is 9.04. The number of hydrogen-bond donors (Lipinski definition) is 0. The van der Waals surface area contributed by atoms with E-state index in [0.29, 0.717) is 11.7 Å². The maximum absolute atomic E-state index is 5.54. The summed E-state index contributed by atoms with van der Waals surface area (Å²) in [6.45, 7) is 1.92. The van der Waals surface area contributed by atoms with Crippen molar-refractivity contribution >= 4 is 22.9 Å². The highest BCUT2D eigenvalue weighted by molar-refractivity contribution is 7.14. The molecule has 0 aliphatic heterocycles. The molecule has 0 saturated carbocycles. The number of thiazole rings is 1. The first-order valence-corrected chi connectivity index (χ1v) is 4.96. The van der Waals surface area contributed by atoms with Crippen LogP contribution in [0.1, 0.15) is 10.8 Å². The molecule has 2 heterocycles. The molecule has 0 fully saturated rings. The molecule has 13 heavy (non-hydrogen) atoms. The van der Waals surface area contributed by atoms with E-state index in [1.54, 1.807) is 6.20 Å². The molecule has 0 amide bonds. The first-order chi connectivity index (χ1) is 6.29. The number of nitrogens with zero attached hydrogens (tertiary/aromatic N) is 3. The van der Waals surface area contributed by atoms with Gasteiger partial charge in [0.25, 0.3) is 5.89 Å². The zero-order chi connectivity index (χ0) is 9.26. The molecule has 68 valence electrons. The topological polar surface area (TPSA) is 51.8 Å². The van der Waals surface area contributed by atoms with E-state index in [1.807, 2.05) is 6.92 Å². The fourth-order valence-electron chi connectivity index (χ4n) is 0.869. The van der Waals surface area contributed by atoms with Gasteiger partial charge in [0, 0.05) is 0 Å². The van der Waals surface area contributed by atoms with E-state index in [1.165, 1.54) is 11.3 Å². The van der Waals surface area contributed by atoms with Gasteiger partial charge in [-0.15, -0.1) is 22.9 Å². The molecule has 0 aliphatic rings. The normalized spacial score (nSPS) is 10.6. The molecule has 2 aromatic heterocycles. The minimum atomic E-state index is 0.265. The number of halogens is 1. The molecule has 2 aromatic rings. The van der Waals surface area contributed by atoms with Crippen LogP contribution in [0.3, 0.4) is 0 Å². The molecule has 0 saturated heterocycles. The van der Waals surface area contributed by atoms with Crippen LogP contribution in [0.4, 0.5) is 0 Å². The monoisotopic (exact) mass is 215 g/mol. The summed E-state index contributed by atoms with van der Waals surface area (Å²) in [6.07, 6.45) is 1.71. The second-order valence-electron chi connectivity index (χ2n) is 2.39. The van der Waals surface area contributed by atoms with Gasteiger partial charge in [0.15, 0.2) is 5.82 Å². The maximum Gasteiger partial charge on any atom is 0.269 e. The van der Waals surface area contributed by atoms with Crippen molar-refractivity contribution in [2.45, 2.75) is 12.8 Å². The number of aromatic nitrogens is 3. The molecule has 0 atom stereocenters.